The molecule has 1 N–H and O–H groups in total. The summed E-state index contributed by atoms with van der Waals surface area (Å²) in [6.07, 6.45) is 5.62. The van der Waals surface area contributed by atoms with Crippen LogP contribution in [0.3, 0.4) is 0 Å². The van der Waals surface area contributed by atoms with E-state index in [1.165, 1.54) is 0 Å². The van der Waals surface area contributed by atoms with Crippen molar-refractivity contribution in [1.82, 2.24) is 19.9 Å². The Morgan fingerprint density at radius 3 is 2.81 bits per heavy atom. The zero-order valence-corrected chi connectivity index (χ0v) is 9.59. The first kappa shape index (κ1) is 10.8. The van der Waals surface area contributed by atoms with Crippen molar-refractivity contribution in [3.8, 4) is 0 Å². The second kappa shape index (κ2) is 4.90. The van der Waals surface area contributed by atoms with E-state index in [1.807, 2.05) is 37.6 Å². The summed E-state index contributed by atoms with van der Waals surface area (Å²) in [7, 11) is 1.92. The lowest BCUT2D eigenvalue weighted by Crippen LogP contribution is -2.22. The highest BCUT2D eigenvalue weighted by Crippen LogP contribution is 2.17. The lowest BCUT2D eigenvalue weighted by molar-refractivity contribution is 0.579. The van der Waals surface area contributed by atoms with Gasteiger partial charge >= 0.3 is 0 Å². The lowest BCUT2D eigenvalue weighted by Gasteiger charge is -2.16. The zero-order chi connectivity index (χ0) is 11.4. The SMILES string of the molecule is CCn1ccnc1C(NC)c1ccccn1. The van der Waals surface area contributed by atoms with E-state index in [0.717, 1.165) is 18.1 Å². The number of hydrogen-bond acceptors (Lipinski definition) is 3. The third-order valence-electron chi connectivity index (χ3n) is 2.62. The molecule has 2 heterocycles. The van der Waals surface area contributed by atoms with Crippen LogP contribution in [-0.2, 0) is 6.54 Å². The van der Waals surface area contributed by atoms with Gasteiger partial charge in [-0.3, -0.25) is 4.98 Å². The Morgan fingerprint density at radius 1 is 1.31 bits per heavy atom. The summed E-state index contributed by atoms with van der Waals surface area (Å²) in [6.45, 7) is 3.02. The van der Waals surface area contributed by atoms with Crippen molar-refractivity contribution in [2.24, 2.45) is 0 Å². The molecule has 0 aliphatic heterocycles. The Balaban J connectivity index is 2.37. The number of nitrogens with one attached hydrogen (secondary N) is 1. The van der Waals surface area contributed by atoms with Crippen molar-refractivity contribution in [3.05, 3.63) is 48.3 Å². The zero-order valence-electron chi connectivity index (χ0n) is 9.59. The van der Waals surface area contributed by atoms with Crippen LogP contribution in [0.1, 0.15) is 24.5 Å². The smallest absolute Gasteiger partial charge is 0.132 e. The first-order valence-corrected chi connectivity index (χ1v) is 5.46. The van der Waals surface area contributed by atoms with E-state index in [-0.39, 0.29) is 6.04 Å². The minimum Gasteiger partial charge on any atom is -0.334 e. The molecular formula is C12H16N4. The van der Waals surface area contributed by atoms with E-state index in [4.69, 9.17) is 0 Å². The number of aromatic nitrogens is 3. The topological polar surface area (TPSA) is 42.7 Å². The molecule has 0 spiro atoms. The molecule has 16 heavy (non-hydrogen) atoms. The van der Waals surface area contributed by atoms with Gasteiger partial charge in [-0.1, -0.05) is 6.07 Å². The maximum atomic E-state index is 4.40. The fourth-order valence-corrected chi connectivity index (χ4v) is 1.80. The van der Waals surface area contributed by atoms with Gasteiger partial charge in [0.2, 0.25) is 0 Å². The number of aryl methyl sites for hydroxylation is 1. The highest BCUT2D eigenvalue weighted by molar-refractivity contribution is 5.17. The Morgan fingerprint density at radius 2 is 2.19 bits per heavy atom. The second-order valence-corrected chi connectivity index (χ2v) is 3.55. The van der Waals surface area contributed by atoms with Crippen molar-refractivity contribution in [2.45, 2.75) is 19.5 Å². The van der Waals surface area contributed by atoms with Crippen molar-refractivity contribution in [1.29, 1.82) is 0 Å². The van der Waals surface area contributed by atoms with Crippen LogP contribution >= 0.6 is 0 Å². The summed E-state index contributed by atoms with van der Waals surface area (Å²) >= 11 is 0. The average molecular weight is 216 g/mol. The Bertz CT molecular complexity index is 435. The molecule has 0 radical (unpaired) electrons. The predicted molar refractivity (Wildman–Crippen MR) is 63.0 cm³/mol. The summed E-state index contributed by atoms with van der Waals surface area (Å²) in [5.74, 6) is 1.00. The van der Waals surface area contributed by atoms with Crippen LogP contribution < -0.4 is 5.32 Å². The highest BCUT2D eigenvalue weighted by Gasteiger charge is 2.17. The average Bonchev–Trinajstić information content (AvgIpc) is 2.80. The Kier molecular flexibility index (Phi) is 3.31. The van der Waals surface area contributed by atoms with Gasteiger partial charge in [0.1, 0.15) is 11.9 Å². The standard InChI is InChI=1S/C12H16N4/c1-3-16-9-8-15-12(16)11(13-2)10-6-4-5-7-14-10/h4-9,11,13H,3H2,1-2H3. The van der Waals surface area contributed by atoms with Crippen molar-refractivity contribution >= 4 is 0 Å². The molecular weight excluding hydrogens is 200 g/mol. The van der Waals surface area contributed by atoms with Crippen LogP contribution in [0.2, 0.25) is 0 Å². The maximum Gasteiger partial charge on any atom is 0.132 e. The molecule has 0 aliphatic rings. The number of hydrogen-bond donors (Lipinski definition) is 1. The van der Waals surface area contributed by atoms with Crippen LogP contribution in [0.4, 0.5) is 0 Å². The fourth-order valence-electron chi connectivity index (χ4n) is 1.80. The molecule has 0 amide bonds. The van der Waals surface area contributed by atoms with Gasteiger partial charge in [0.15, 0.2) is 0 Å². The molecule has 0 aliphatic carbocycles. The van der Waals surface area contributed by atoms with Gasteiger partial charge < -0.3 is 9.88 Å². The number of pyridine rings is 1. The molecule has 0 fully saturated rings. The van der Waals surface area contributed by atoms with Gasteiger partial charge in [-0.05, 0) is 26.1 Å². The van der Waals surface area contributed by atoms with Crippen LogP contribution in [-0.4, -0.2) is 21.6 Å². The summed E-state index contributed by atoms with van der Waals surface area (Å²) < 4.78 is 2.12. The molecule has 0 saturated heterocycles. The van der Waals surface area contributed by atoms with Gasteiger partial charge in [0.25, 0.3) is 0 Å². The molecule has 4 nitrogen and oxygen atoms in total. The molecule has 0 aromatic carbocycles. The first-order valence-electron chi connectivity index (χ1n) is 5.46. The van der Waals surface area contributed by atoms with Crippen LogP contribution in [0.25, 0.3) is 0 Å². The third kappa shape index (κ3) is 1.97. The highest BCUT2D eigenvalue weighted by atomic mass is 15.1. The first-order chi connectivity index (χ1) is 7.86. The van der Waals surface area contributed by atoms with E-state index < -0.39 is 0 Å². The quantitative estimate of drug-likeness (QED) is 0.844. The van der Waals surface area contributed by atoms with E-state index in [9.17, 15) is 0 Å². The largest absolute Gasteiger partial charge is 0.334 e. The molecule has 2 rings (SSSR count). The monoisotopic (exact) mass is 216 g/mol. The van der Waals surface area contributed by atoms with E-state index in [0.29, 0.717) is 0 Å². The van der Waals surface area contributed by atoms with E-state index in [1.54, 1.807) is 6.20 Å². The minimum absolute atomic E-state index is 0.0520. The summed E-state index contributed by atoms with van der Waals surface area (Å²) in [4.78, 5) is 8.76. The lowest BCUT2D eigenvalue weighted by atomic mass is 10.2. The molecule has 1 atom stereocenters. The molecule has 0 bridgehead atoms. The van der Waals surface area contributed by atoms with E-state index >= 15 is 0 Å². The molecule has 2 aromatic heterocycles. The maximum absolute atomic E-state index is 4.40. The summed E-state index contributed by atoms with van der Waals surface area (Å²) in [6, 6.07) is 5.97. The normalized spacial score (nSPS) is 12.6. The van der Waals surface area contributed by atoms with Gasteiger partial charge in [0.05, 0.1) is 5.69 Å². The van der Waals surface area contributed by atoms with Gasteiger partial charge in [-0.15, -0.1) is 0 Å². The number of imidazole rings is 1. The minimum atomic E-state index is 0.0520. The Hall–Kier alpha value is -1.68. The molecule has 84 valence electrons. The number of nitrogens with zero attached hydrogens (tertiary/aromatic N) is 3. The van der Waals surface area contributed by atoms with Crippen LogP contribution in [0.5, 0.6) is 0 Å². The van der Waals surface area contributed by atoms with Crippen molar-refractivity contribution < 1.29 is 0 Å². The molecule has 4 heteroatoms. The molecule has 0 saturated carbocycles. The summed E-state index contributed by atoms with van der Waals surface area (Å²) in [5.41, 5.74) is 0.992. The third-order valence-corrected chi connectivity index (χ3v) is 2.62. The van der Waals surface area contributed by atoms with E-state index in [2.05, 4.69) is 26.8 Å². The molecule has 1 unspecified atom stereocenters. The summed E-state index contributed by atoms with van der Waals surface area (Å²) in [5, 5.41) is 3.25. The second-order valence-electron chi connectivity index (χ2n) is 3.55. The van der Waals surface area contributed by atoms with Gasteiger partial charge in [0, 0.05) is 25.1 Å². The van der Waals surface area contributed by atoms with Crippen LogP contribution in [0.15, 0.2) is 36.8 Å². The number of rotatable bonds is 4. The van der Waals surface area contributed by atoms with Crippen LogP contribution in [0, 0.1) is 0 Å². The van der Waals surface area contributed by atoms with Crippen molar-refractivity contribution in [3.63, 3.8) is 0 Å². The van der Waals surface area contributed by atoms with Crippen molar-refractivity contribution in [2.75, 3.05) is 7.05 Å². The Labute approximate surface area is 95.4 Å². The molecule has 2 aromatic rings. The fraction of sp³-hybridized carbons (Fsp3) is 0.333. The van der Waals surface area contributed by atoms with Gasteiger partial charge in [-0.25, -0.2) is 4.98 Å². The predicted octanol–water partition coefficient (Wildman–Crippen LogP) is 1.61. The van der Waals surface area contributed by atoms with Gasteiger partial charge in [-0.2, -0.15) is 0 Å².